The van der Waals surface area contributed by atoms with Crippen LogP contribution in [0.4, 0.5) is 0 Å². The van der Waals surface area contributed by atoms with Gasteiger partial charge in [-0.3, -0.25) is 9.36 Å². The van der Waals surface area contributed by atoms with Gasteiger partial charge < -0.3 is 4.74 Å². The van der Waals surface area contributed by atoms with E-state index in [0.29, 0.717) is 34.1 Å². The number of rotatable bonds is 5. The molecule has 1 atom stereocenters. The molecule has 2 aromatic carbocycles. The maximum atomic E-state index is 13.1. The van der Waals surface area contributed by atoms with Crippen LogP contribution in [0.5, 0.6) is 5.75 Å². The van der Waals surface area contributed by atoms with Crippen molar-refractivity contribution in [1.29, 1.82) is 5.26 Å². The number of ether oxygens (including phenoxy) is 1. The van der Waals surface area contributed by atoms with Gasteiger partial charge in [-0.25, -0.2) is 4.98 Å². The van der Waals surface area contributed by atoms with E-state index in [2.05, 4.69) is 11.1 Å². The van der Waals surface area contributed by atoms with Crippen LogP contribution in [0, 0.1) is 11.3 Å². The molecule has 0 aliphatic heterocycles. The Kier molecular flexibility index (Phi) is 5.05. The highest BCUT2D eigenvalue weighted by Gasteiger charge is 2.18. The summed E-state index contributed by atoms with van der Waals surface area (Å²) in [5.74, 6) is 0.607. The fraction of sp³-hybridized carbons (Fsp3) is 0.211. The van der Waals surface area contributed by atoms with Crippen molar-refractivity contribution < 1.29 is 4.74 Å². The average molecular weight is 351 g/mol. The molecule has 0 radical (unpaired) electrons. The molecule has 126 valence electrons. The molecule has 6 heteroatoms. The van der Waals surface area contributed by atoms with E-state index in [-0.39, 0.29) is 10.8 Å². The van der Waals surface area contributed by atoms with Gasteiger partial charge in [0.15, 0.2) is 5.16 Å². The molecule has 0 aliphatic rings. The van der Waals surface area contributed by atoms with Gasteiger partial charge in [-0.05, 0) is 38.1 Å². The van der Waals surface area contributed by atoms with Crippen LogP contribution in [0.15, 0.2) is 58.5 Å². The second-order valence-electron chi connectivity index (χ2n) is 5.34. The molecule has 3 aromatic rings. The smallest absolute Gasteiger partial charge is 0.266 e. The van der Waals surface area contributed by atoms with Crippen molar-refractivity contribution in [2.45, 2.75) is 24.3 Å². The summed E-state index contributed by atoms with van der Waals surface area (Å²) < 4.78 is 7.22. The summed E-state index contributed by atoms with van der Waals surface area (Å²) in [4.78, 5) is 17.8. The first-order valence-corrected chi connectivity index (χ1v) is 8.84. The third-order valence-electron chi connectivity index (χ3n) is 3.61. The maximum Gasteiger partial charge on any atom is 0.266 e. The van der Waals surface area contributed by atoms with Crippen LogP contribution in [-0.4, -0.2) is 21.4 Å². The lowest BCUT2D eigenvalue weighted by Gasteiger charge is -2.16. The van der Waals surface area contributed by atoms with Crippen molar-refractivity contribution in [2.24, 2.45) is 0 Å². The van der Waals surface area contributed by atoms with Crippen LogP contribution < -0.4 is 10.3 Å². The van der Waals surface area contributed by atoms with Gasteiger partial charge in [-0.15, -0.1) is 0 Å². The van der Waals surface area contributed by atoms with Crippen LogP contribution in [0.3, 0.4) is 0 Å². The quantitative estimate of drug-likeness (QED) is 0.517. The number of para-hydroxylation sites is 3. The first-order valence-electron chi connectivity index (χ1n) is 7.96. The molecule has 0 aliphatic carbocycles. The van der Waals surface area contributed by atoms with Crippen LogP contribution in [0.1, 0.15) is 13.8 Å². The van der Waals surface area contributed by atoms with Gasteiger partial charge in [0.2, 0.25) is 0 Å². The lowest BCUT2D eigenvalue weighted by atomic mass is 10.2. The number of hydrogen-bond acceptors (Lipinski definition) is 5. The topological polar surface area (TPSA) is 67.9 Å². The summed E-state index contributed by atoms with van der Waals surface area (Å²) in [6, 6.07) is 16.7. The highest BCUT2D eigenvalue weighted by Crippen LogP contribution is 2.29. The number of aromatic nitrogens is 2. The lowest BCUT2D eigenvalue weighted by molar-refractivity contribution is 0.338. The zero-order chi connectivity index (χ0) is 17.8. The molecule has 3 rings (SSSR count). The van der Waals surface area contributed by atoms with Crippen LogP contribution in [-0.2, 0) is 0 Å². The minimum atomic E-state index is -0.335. The predicted molar refractivity (Wildman–Crippen MR) is 99.4 cm³/mol. The molecule has 0 fully saturated rings. The van der Waals surface area contributed by atoms with Gasteiger partial charge in [0.1, 0.15) is 5.75 Å². The normalized spacial score (nSPS) is 11.9. The molecule has 0 N–H and O–H groups in total. The zero-order valence-corrected chi connectivity index (χ0v) is 14.8. The van der Waals surface area contributed by atoms with Gasteiger partial charge in [0, 0.05) is 0 Å². The number of fused-ring (bicyclic) bond motifs is 1. The van der Waals surface area contributed by atoms with Crippen molar-refractivity contribution in [3.63, 3.8) is 0 Å². The van der Waals surface area contributed by atoms with E-state index in [1.165, 1.54) is 16.3 Å². The predicted octanol–water partition coefficient (Wildman–Crippen LogP) is 3.79. The van der Waals surface area contributed by atoms with Gasteiger partial charge in [-0.1, -0.05) is 36.0 Å². The SMILES string of the molecule is CCOc1ccccc1-n1c(S[C@@H](C)C#N)nc2ccccc2c1=O. The Morgan fingerprint density at radius 1 is 1.24 bits per heavy atom. The summed E-state index contributed by atoms with van der Waals surface area (Å²) >= 11 is 1.26. The monoisotopic (exact) mass is 351 g/mol. The lowest BCUT2D eigenvalue weighted by Crippen LogP contribution is -2.23. The molecular formula is C19H17N3O2S. The van der Waals surface area contributed by atoms with E-state index in [1.807, 2.05) is 43.3 Å². The standard InChI is InChI=1S/C19H17N3O2S/c1-3-24-17-11-7-6-10-16(17)22-18(23)14-8-4-5-9-15(14)21-19(22)25-13(2)12-20/h4-11,13H,3H2,1-2H3/t13-/m0/s1. The maximum absolute atomic E-state index is 13.1. The Balaban J connectivity index is 2.32. The molecule has 1 aromatic heterocycles. The van der Waals surface area contributed by atoms with Crippen molar-refractivity contribution in [1.82, 2.24) is 9.55 Å². The van der Waals surface area contributed by atoms with Gasteiger partial charge in [0.05, 0.1) is 34.5 Å². The zero-order valence-electron chi connectivity index (χ0n) is 14.0. The molecule has 0 spiro atoms. The molecule has 1 heterocycles. The van der Waals surface area contributed by atoms with Crippen molar-refractivity contribution in [3.05, 3.63) is 58.9 Å². The summed E-state index contributed by atoms with van der Waals surface area (Å²) in [6.45, 7) is 4.17. The molecule has 0 unspecified atom stereocenters. The van der Waals surface area contributed by atoms with Gasteiger partial charge in [0.25, 0.3) is 5.56 Å². The number of nitriles is 1. The van der Waals surface area contributed by atoms with Crippen molar-refractivity contribution in [2.75, 3.05) is 6.61 Å². The van der Waals surface area contributed by atoms with Gasteiger partial charge >= 0.3 is 0 Å². The Labute approximate surface area is 149 Å². The average Bonchev–Trinajstić information content (AvgIpc) is 2.63. The molecule has 25 heavy (non-hydrogen) atoms. The third-order valence-corrected chi connectivity index (χ3v) is 4.56. The molecule has 0 saturated heterocycles. The van der Waals surface area contributed by atoms with E-state index in [0.717, 1.165) is 0 Å². The van der Waals surface area contributed by atoms with Crippen LogP contribution in [0.2, 0.25) is 0 Å². The summed E-state index contributed by atoms with van der Waals surface area (Å²) in [6.07, 6.45) is 0. The van der Waals surface area contributed by atoms with E-state index in [9.17, 15) is 4.79 Å². The number of thioether (sulfide) groups is 1. The minimum absolute atomic E-state index is 0.176. The second kappa shape index (κ2) is 7.41. The fourth-order valence-corrected chi connectivity index (χ4v) is 3.31. The van der Waals surface area contributed by atoms with E-state index < -0.39 is 0 Å². The first kappa shape index (κ1) is 17.1. The Bertz CT molecular complexity index is 1010. The van der Waals surface area contributed by atoms with Crippen LogP contribution in [0.25, 0.3) is 16.6 Å². The number of nitrogens with zero attached hydrogens (tertiary/aromatic N) is 3. The number of benzene rings is 2. The Morgan fingerprint density at radius 2 is 1.96 bits per heavy atom. The summed E-state index contributed by atoms with van der Waals surface area (Å²) in [7, 11) is 0. The molecule has 0 saturated carbocycles. The molecule has 5 nitrogen and oxygen atoms in total. The van der Waals surface area contributed by atoms with E-state index >= 15 is 0 Å². The van der Waals surface area contributed by atoms with E-state index in [1.54, 1.807) is 19.1 Å². The van der Waals surface area contributed by atoms with Crippen LogP contribution >= 0.6 is 11.8 Å². The Hall–Kier alpha value is -2.78. The van der Waals surface area contributed by atoms with Crippen molar-refractivity contribution >= 4 is 22.7 Å². The first-order chi connectivity index (χ1) is 12.2. The van der Waals surface area contributed by atoms with E-state index in [4.69, 9.17) is 10.00 Å². The minimum Gasteiger partial charge on any atom is -0.492 e. The summed E-state index contributed by atoms with van der Waals surface area (Å²) in [5, 5.41) is 9.84. The number of hydrogen-bond donors (Lipinski definition) is 0. The Morgan fingerprint density at radius 3 is 2.72 bits per heavy atom. The highest BCUT2D eigenvalue weighted by atomic mass is 32.2. The molecule has 0 bridgehead atoms. The molecule has 0 amide bonds. The largest absolute Gasteiger partial charge is 0.492 e. The third kappa shape index (κ3) is 3.37. The highest BCUT2D eigenvalue weighted by molar-refractivity contribution is 8.00. The second-order valence-corrected chi connectivity index (χ2v) is 6.65. The summed E-state index contributed by atoms with van der Waals surface area (Å²) in [5.41, 5.74) is 1.07. The fourth-order valence-electron chi connectivity index (χ4n) is 2.51. The van der Waals surface area contributed by atoms with Gasteiger partial charge in [-0.2, -0.15) is 5.26 Å². The van der Waals surface area contributed by atoms with Crippen molar-refractivity contribution in [3.8, 4) is 17.5 Å². The molecular weight excluding hydrogens is 334 g/mol.